The van der Waals surface area contributed by atoms with E-state index in [1.54, 1.807) is 11.8 Å². The SMILES string of the molecule is CSC(C)CNCC#N. The molecule has 0 aliphatic heterocycles. The minimum absolute atomic E-state index is 0.463. The summed E-state index contributed by atoms with van der Waals surface area (Å²) in [5.74, 6) is 0. The lowest BCUT2D eigenvalue weighted by Crippen LogP contribution is -2.22. The van der Waals surface area contributed by atoms with Gasteiger partial charge in [-0.05, 0) is 6.26 Å². The Bertz CT molecular complexity index is 97.7. The maximum Gasteiger partial charge on any atom is 0.0841 e. The van der Waals surface area contributed by atoms with E-state index in [0.717, 1.165) is 6.54 Å². The molecule has 0 rings (SSSR count). The fraction of sp³-hybridized carbons (Fsp3) is 0.833. The number of hydrogen-bond donors (Lipinski definition) is 1. The molecule has 0 saturated carbocycles. The van der Waals surface area contributed by atoms with Crippen molar-refractivity contribution in [1.82, 2.24) is 5.32 Å². The van der Waals surface area contributed by atoms with Crippen LogP contribution in [0.25, 0.3) is 0 Å². The molecule has 0 spiro atoms. The molecule has 9 heavy (non-hydrogen) atoms. The van der Waals surface area contributed by atoms with E-state index in [2.05, 4.69) is 18.5 Å². The molecule has 0 fully saturated rings. The Labute approximate surface area is 60.6 Å². The highest BCUT2D eigenvalue weighted by atomic mass is 32.2. The van der Waals surface area contributed by atoms with E-state index in [4.69, 9.17) is 5.26 Å². The van der Waals surface area contributed by atoms with Crippen molar-refractivity contribution in [2.45, 2.75) is 12.2 Å². The Morgan fingerprint density at radius 2 is 2.44 bits per heavy atom. The number of nitrogens with one attached hydrogen (secondary N) is 1. The molecule has 1 N–H and O–H groups in total. The molecule has 0 amide bonds. The smallest absolute Gasteiger partial charge is 0.0841 e. The second kappa shape index (κ2) is 5.93. The molecule has 0 aliphatic carbocycles. The first-order valence-electron chi connectivity index (χ1n) is 2.91. The third kappa shape index (κ3) is 5.67. The lowest BCUT2D eigenvalue weighted by atomic mass is 10.5. The summed E-state index contributed by atoms with van der Waals surface area (Å²) in [7, 11) is 0. The molecule has 2 nitrogen and oxygen atoms in total. The van der Waals surface area contributed by atoms with Gasteiger partial charge in [-0.1, -0.05) is 6.92 Å². The van der Waals surface area contributed by atoms with Crippen LogP contribution in [-0.2, 0) is 0 Å². The molecule has 0 aliphatic rings. The van der Waals surface area contributed by atoms with Crippen molar-refractivity contribution in [2.75, 3.05) is 19.3 Å². The minimum Gasteiger partial charge on any atom is -0.303 e. The molecule has 52 valence electrons. The maximum atomic E-state index is 8.13. The molecule has 0 aromatic heterocycles. The van der Waals surface area contributed by atoms with Crippen LogP contribution in [0.5, 0.6) is 0 Å². The van der Waals surface area contributed by atoms with Crippen LogP contribution in [0, 0.1) is 11.3 Å². The standard InChI is InChI=1S/C6H12N2S/c1-6(9-2)5-8-4-3-7/h6,8H,4-5H2,1-2H3. The van der Waals surface area contributed by atoms with Crippen LogP contribution < -0.4 is 5.32 Å². The monoisotopic (exact) mass is 144 g/mol. The summed E-state index contributed by atoms with van der Waals surface area (Å²) < 4.78 is 0. The van der Waals surface area contributed by atoms with Gasteiger partial charge in [0.15, 0.2) is 0 Å². The van der Waals surface area contributed by atoms with Gasteiger partial charge in [0.2, 0.25) is 0 Å². The average Bonchev–Trinajstić information content (AvgIpc) is 1.89. The summed E-state index contributed by atoms with van der Waals surface area (Å²) in [6.45, 7) is 3.52. The van der Waals surface area contributed by atoms with Crippen molar-refractivity contribution in [1.29, 1.82) is 5.26 Å². The number of nitriles is 1. The van der Waals surface area contributed by atoms with Crippen molar-refractivity contribution in [3.63, 3.8) is 0 Å². The Morgan fingerprint density at radius 3 is 2.89 bits per heavy atom. The molecule has 0 saturated heterocycles. The zero-order valence-electron chi connectivity index (χ0n) is 5.85. The quantitative estimate of drug-likeness (QED) is 0.469. The van der Waals surface area contributed by atoms with E-state index < -0.39 is 0 Å². The van der Waals surface area contributed by atoms with Gasteiger partial charge >= 0.3 is 0 Å². The molecule has 0 aromatic rings. The van der Waals surface area contributed by atoms with Crippen LogP contribution in [-0.4, -0.2) is 24.6 Å². The van der Waals surface area contributed by atoms with Gasteiger partial charge in [0.25, 0.3) is 0 Å². The number of hydrogen-bond acceptors (Lipinski definition) is 3. The van der Waals surface area contributed by atoms with Gasteiger partial charge in [-0.2, -0.15) is 17.0 Å². The fourth-order valence-corrected chi connectivity index (χ4v) is 0.699. The Balaban J connectivity index is 2.99. The van der Waals surface area contributed by atoms with Gasteiger partial charge in [0, 0.05) is 11.8 Å². The molecular formula is C6H12N2S. The molecule has 0 bridgehead atoms. The first kappa shape index (κ1) is 8.80. The molecule has 1 atom stereocenters. The normalized spacial score (nSPS) is 12.6. The predicted octanol–water partition coefficient (Wildman–Crippen LogP) is 0.851. The molecule has 0 heterocycles. The summed E-state index contributed by atoms with van der Waals surface area (Å²) >= 11 is 1.80. The second-order valence-corrected chi connectivity index (χ2v) is 3.11. The highest BCUT2D eigenvalue weighted by molar-refractivity contribution is 7.99. The van der Waals surface area contributed by atoms with Crippen LogP contribution >= 0.6 is 11.8 Å². The second-order valence-electron chi connectivity index (χ2n) is 1.84. The molecule has 1 unspecified atom stereocenters. The number of thioether (sulfide) groups is 1. The van der Waals surface area contributed by atoms with E-state index in [1.807, 2.05) is 6.07 Å². The lowest BCUT2D eigenvalue weighted by molar-refractivity contribution is 0.745. The van der Waals surface area contributed by atoms with E-state index in [9.17, 15) is 0 Å². The highest BCUT2D eigenvalue weighted by Gasteiger charge is 1.95. The molecule has 0 radical (unpaired) electrons. The topological polar surface area (TPSA) is 35.8 Å². The van der Waals surface area contributed by atoms with Gasteiger partial charge in [0.05, 0.1) is 12.6 Å². The van der Waals surface area contributed by atoms with Gasteiger partial charge in [-0.25, -0.2) is 0 Å². The van der Waals surface area contributed by atoms with Gasteiger partial charge in [-0.15, -0.1) is 0 Å². The van der Waals surface area contributed by atoms with E-state index >= 15 is 0 Å². The number of rotatable bonds is 4. The summed E-state index contributed by atoms with van der Waals surface area (Å²) in [5, 5.41) is 11.7. The van der Waals surface area contributed by atoms with Crippen molar-refractivity contribution >= 4 is 11.8 Å². The van der Waals surface area contributed by atoms with Crippen molar-refractivity contribution in [3.8, 4) is 6.07 Å². The van der Waals surface area contributed by atoms with Crippen LogP contribution in [0.2, 0.25) is 0 Å². The van der Waals surface area contributed by atoms with Gasteiger partial charge in [-0.3, -0.25) is 0 Å². The van der Waals surface area contributed by atoms with Gasteiger partial charge in [0.1, 0.15) is 0 Å². The van der Waals surface area contributed by atoms with Crippen LogP contribution in [0.1, 0.15) is 6.92 Å². The Kier molecular flexibility index (Phi) is 5.80. The average molecular weight is 144 g/mol. The van der Waals surface area contributed by atoms with Gasteiger partial charge < -0.3 is 5.32 Å². The first-order valence-corrected chi connectivity index (χ1v) is 4.20. The van der Waals surface area contributed by atoms with E-state index in [1.165, 1.54) is 0 Å². The summed E-state index contributed by atoms with van der Waals surface area (Å²) in [6, 6.07) is 2.03. The largest absolute Gasteiger partial charge is 0.303 e. The van der Waals surface area contributed by atoms with Crippen molar-refractivity contribution in [2.24, 2.45) is 0 Å². The third-order valence-electron chi connectivity index (χ3n) is 1.04. The van der Waals surface area contributed by atoms with Crippen LogP contribution in [0.15, 0.2) is 0 Å². The summed E-state index contributed by atoms with van der Waals surface area (Å²) in [6.07, 6.45) is 2.07. The maximum absolute atomic E-state index is 8.13. The lowest BCUT2D eigenvalue weighted by Gasteiger charge is -2.05. The van der Waals surface area contributed by atoms with E-state index in [-0.39, 0.29) is 0 Å². The number of nitrogens with zero attached hydrogens (tertiary/aromatic N) is 1. The van der Waals surface area contributed by atoms with Crippen LogP contribution in [0.3, 0.4) is 0 Å². The van der Waals surface area contributed by atoms with Crippen molar-refractivity contribution in [3.05, 3.63) is 0 Å². The molecule has 3 heteroatoms. The Hall–Kier alpha value is -0.200. The molecular weight excluding hydrogens is 132 g/mol. The zero-order valence-corrected chi connectivity index (χ0v) is 6.66. The Morgan fingerprint density at radius 1 is 1.78 bits per heavy atom. The van der Waals surface area contributed by atoms with Crippen molar-refractivity contribution < 1.29 is 0 Å². The highest BCUT2D eigenvalue weighted by Crippen LogP contribution is 2.01. The fourth-order valence-electron chi connectivity index (χ4n) is 0.415. The summed E-state index contributed by atoms with van der Waals surface area (Å²) in [4.78, 5) is 0. The minimum atomic E-state index is 0.463. The molecule has 0 aromatic carbocycles. The zero-order chi connectivity index (χ0) is 7.11. The van der Waals surface area contributed by atoms with Crippen LogP contribution in [0.4, 0.5) is 0 Å². The third-order valence-corrected chi connectivity index (χ3v) is 2.01. The van der Waals surface area contributed by atoms with E-state index in [0.29, 0.717) is 11.8 Å². The summed E-state index contributed by atoms with van der Waals surface area (Å²) in [5.41, 5.74) is 0. The first-order chi connectivity index (χ1) is 4.31. The predicted molar refractivity (Wildman–Crippen MR) is 41.5 cm³/mol.